The molecular weight excluding hydrogens is 752 g/mol. The van der Waals surface area contributed by atoms with Crippen molar-refractivity contribution in [3.8, 4) is 0 Å². The number of esters is 4. The SMILES string of the molecule is COC(=O)C1CC(N=NC2CCC(NC3NC(NCCO)NC(NC4CCC(N=NC5CC(C(=O)OC)CC(C(=O)OC)C5)C(C)C4)N3)CC2C)CC(C(=O)OC)C1. The molecule has 12 atom stereocenters. The van der Waals surface area contributed by atoms with Gasteiger partial charge < -0.3 is 24.1 Å². The third-order valence-corrected chi connectivity index (χ3v) is 12.8. The zero-order valence-corrected chi connectivity index (χ0v) is 35.1. The maximum Gasteiger partial charge on any atom is 0.308 e. The first-order valence-electron chi connectivity index (χ1n) is 21.2. The number of nitrogens with one attached hydrogen (secondary N) is 6. The lowest BCUT2D eigenvalue weighted by Gasteiger charge is -2.44. The number of azo groups is 2. The molecule has 5 aliphatic rings. The van der Waals surface area contributed by atoms with Crippen molar-refractivity contribution in [3.63, 3.8) is 0 Å². The fourth-order valence-electron chi connectivity index (χ4n) is 9.60. The summed E-state index contributed by atoms with van der Waals surface area (Å²) in [6, 6.07) is 0.0549. The van der Waals surface area contributed by atoms with E-state index in [9.17, 15) is 24.3 Å². The predicted octanol–water partition coefficient (Wildman–Crippen LogP) is 1.66. The van der Waals surface area contributed by atoms with Gasteiger partial charge in [0.15, 0.2) is 0 Å². The molecule has 4 saturated carbocycles. The molecule has 0 amide bonds. The van der Waals surface area contributed by atoms with Gasteiger partial charge >= 0.3 is 23.9 Å². The molecule has 0 spiro atoms. The van der Waals surface area contributed by atoms with E-state index >= 15 is 0 Å². The van der Waals surface area contributed by atoms with Crippen LogP contribution in [0.15, 0.2) is 20.5 Å². The van der Waals surface area contributed by atoms with Crippen molar-refractivity contribution in [2.45, 2.75) is 146 Å². The van der Waals surface area contributed by atoms with Gasteiger partial charge in [-0.3, -0.25) is 51.1 Å². The highest BCUT2D eigenvalue weighted by atomic mass is 16.5. The number of carbonyl (C=O) groups is 4. The van der Waals surface area contributed by atoms with E-state index in [1.807, 2.05) is 0 Å². The molecule has 0 aromatic rings. The number of hydrogen-bond donors (Lipinski definition) is 7. The van der Waals surface area contributed by atoms with Crippen LogP contribution >= 0.6 is 0 Å². The van der Waals surface area contributed by atoms with Crippen LogP contribution in [-0.4, -0.2) is 126 Å². The third kappa shape index (κ3) is 12.9. The van der Waals surface area contributed by atoms with Crippen LogP contribution in [0.5, 0.6) is 0 Å². The standard InChI is InChI=1S/C39H68N10O9/c1-21-13-27(7-9-31(21)48-46-29-17-23(33(51)55-3)15-24(18-29)34(52)56-4)41-38-43-37(40-11-12-50)44-39(45-38)42-28-8-10-32(22(2)14-28)49-47-30-19-25(35(53)57-5)16-26(20-30)36(54)58-6/h21-32,37-45,50H,7-20H2,1-6H3. The molecule has 5 rings (SSSR count). The molecule has 19 heteroatoms. The van der Waals surface area contributed by atoms with Crippen LogP contribution in [0.25, 0.3) is 0 Å². The van der Waals surface area contributed by atoms with Gasteiger partial charge in [0.25, 0.3) is 0 Å². The average Bonchev–Trinajstić information content (AvgIpc) is 3.23. The van der Waals surface area contributed by atoms with Crippen LogP contribution in [0.3, 0.4) is 0 Å². The Kier molecular flexibility index (Phi) is 17.7. The number of aliphatic hydroxyl groups is 1. The Morgan fingerprint density at radius 1 is 0.534 bits per heavy atom. The summed E-state index contributed by atoms with van der Waals surface area (Å²) >= 11 is 0. The van der Waals surface area contributed by atoms with Gasteiger partial charge in [-0.25, -0.2) is 0 Å². The van der Waals surface area contributed by atoms with Crippen molar-refractivity contribution in [1.82, 2.24) is 31.9 Å². The summed E-state index contributed by atoms with van der Waals surface area (Å²) in [6.45, 7) is 4.82. The Labute approximate surface area is 342 Å². The Morgan fingerprint density at radius 2 is 0.897 bits per heavy atom. The second-order valence-corrected chi connectivity index (χ2v) is 17.0. The molecule has 0 aromatic carbocycles. The molecule has 4 aliphatic carbocycles. The van der Waals surface area contributed by atoms with E-state index in [4.69, 9.17) is 29.2 Å². The monoisotopic (exact) mass is 821 g/mol. The van der Waals surface area contributed by atoms with E-state index in [-0.39, 0.29) is 97.4 Å². The summed E-state index contributed by atoms with van der Waals surface area (Å²) in [4.78, 5) is 49.4. The van der Waals surface area contributed by atoms with Crippen molar-refractivity contribution >= 4 is 23.9 Å². The van der Waals surface area contributed by atoms with E-state index in [2.05, 4.69) is 56.0 Å². The van der Waals surface area contributed by atoms with Crippen LogP contribution in [0.2, 0.25) is 0 Å². The van der Waals surface area contributed by atoms with E-state index in [1.165, 1.54) is 28.4 Å². The summed E-state index contributed by atoms with van der Waals surface area (Å²) in [7, 11) is 5.46. The van der Waals surface area contributed by atoms with Crippen LogP contribution in [0, 0.1) is 35.5 Å². The quantitative estimate of drug-likeness (QED) is 0.0706. The fourth-order valence-corrected chi connectivity index (χ4v) is 9.60. The molecule has 5 fully saturated rings. The lowest BCUT2D eigenvalue weighted by molar-refractivity contribution is -0.153. The van der Waals surface area contributed by atoms with Crippen molar-refractivity contribution in [2.24, 2.45) is 56.0 Å². The molecule has 328 valence electrons. The second-order valence-electron chi connectivity index (χ2n) is 17.0. The average molecular weight is 821 g/mol. The van der Waals surface area contributed by atoms with Gasteiger partial charge in [0.2, 0.25) is 0 Å². The molecule has 0 bridgehead atoms. The van der Waals surface area contributed by atoms with Crippen LogP contribution in [0.1, 0.15) is 90.9 Å². The van der Waals surface area contributed by atoms with Crippen LogP contribution < -0.4 is 31.9 Å². The summed E-state index contributed by atoms with van der Waals surface area (Å²) in [5.41, 5.74) is 0. The van der Waals surface area contributed by atoms with Crippen molar-refractivity contribution < 1.29 is 43.2 Å². The first-order chi connectivity index (χ1) is 27.9. The highest BCUT2D eigenvalue weighted by molar-refractivity contribution is 5.77. The minimum atomic E-state index is -0.403. The van der Waals surface area contributed by atoms with Crippen molar-refractivity contribution in [1.29, 1.82) is 0 Å². The third-order valence-electron chi connectivity index (χ3n) is 12.8. The van der Waals surface area contributed by atoms with Crippen molar-refractivity contribution in [2.75, 3.05) is 41.6 Å². The summed E-state index contributed by atoms with van der Waals surface area (Å²) in [6.07, 6.45) is 7.44. The zero-order chi connectivity index (χ0) is 41.8. The molecule has 19 nitrogen and oxygen atoms in total. The lowest BCUT2D eigenvalue weighted by Crippen LogP contribution is -2.78. The number of ether oxygens (including phenoxy) is 4. The largest absolute Gasteiger partial charge is 0.469 e. The molecule has 58 heavy (non-hydrogen) atoms. The van der Waals surface area contributed by atoms with Gasteiger partial charge in [0.05, 0.1) is 82.9 Å². The number of methoxy groups -OCH3 is 4. The maximum absolute atomic E-state index is 12.4. The lowest BCUT2D eigenvalue weighted by atomic mass is 9.78. The van der Waals surface area contributed by atoms with Crippen LogP contribution in [0.4, 0.5) is 0 Å². The maximum atomic E-state index is 12.4. The first-order valence-corrected chi connectivity index (χ1v) is 21.2. The van der Waals surface area contributed by atoms with E-state index in [0.717, 1.165) is 38.5 Å². The molecule has 0 radical (unpaired) electrons. The highest BCUT2D eigenvalue weighted by Crippen LogP contribution is 2.36. The summed E-state index contributed by atoms with van der Waals surface area (Å²) in [5, 5.41) is 49.9. The van der Waals surface area contributed by atoms with Crippen LogP contribution in [-0.2, 0) is 38.1 Å². The van der Waals surface area contributed by atoms with E-state index < -0.39 is 23.7 Å². The van der Waals surface area contributed by atoms with Crippen molar-refractivity contribution in [3.05, 3.63) is 0 Å². The molecular formula is C39H68N10O9. The van der Waals surface area contributed by atoms with Gasteiger partial charge in [0.1, 0.15) is 18.9 Å². The van der Waals surface area contributed by atoms with Gasteiger partial charge in [0, 0.05) is 18.6 Å². The second kappa shape index (κ2) is 22.4. The topological polar surface area (TPSA) is 247 Å². The zero-order valence-electron chi connectivity index (χ0n) is 35.1. The number of carbonyl (C=O) groups excluding carboxylic acids is 4. The van der Waals surface area contributed by atoms with Gasteiger partial charge in [-0.05, 0) is 88.9 Å². The smallest absolute Gasteiger partial charge is 0.308 e. The number of nitrogens with zero attached hydrogens (tertiary/aromatic N) is 4. The molecule has 12 unspecified atom stereocenters. The Morgan fingerprint density at radius 3 is 1.22 bits per heavy atom. The number of aliphatic hydroxyl groups excluding tert-OH is 1. The number of hydrogen-bond acceptors (Lipinski definition) is 19. The molecule has 1 saturated heterocycles. The Balaban J connectivity index is 1.11. The molecule has 1 aliphatic heterocycles. The normalized spacial score (nSPS) is 38.6. The van der Waals surface area contributed by atoms with Gasteiger partial charge in [-0.2, -0.15) is 20.5 Å². The summed E-state index contributed by atoms with van der Waals surface area (Å²) < 4.78 is 19.9. The minimum Gasteiger partial charge on any atom is -0.469 e. The Hall–Kier alpha value is -3.20. The summed E-state index contributed by atoms with van der Waals surface area (Å²) in [5.74, 6) is -2.40. The highest BCUT2D eigenvalue weighted by Gasteiger charge is 2.40. The number of rotatable bonds is 15. The Bertz CT molecular complexity index is 1280. The van der Waals surface area contributed by atoms with Gasteiger partial charge in [-0.15, -0.1) is 0 Å². The molecule has 7 N–H and O–H groups in total. The van der Waals surface area contributed by atoms with E-state index in [1.54, 1.807) is 0 Å². The fraction of sp³-hybridized carbons (Fsp3) is 0.897. The first kappa shape index (κ1) is 45.9. The molecule has 0 aromatic heterocycles. The predicted molar refractivity (Wildman–Crippen MR) is 210 cm³/mol. The minimum absolute atomic E-state index is 0.0107. The van der Waals surface area contributed by atoms with Gasteiger partial charge in [-0.1, -0.05) is 13.8 Å². The molecule has 1 heterocycles. The van der Waals surface area contributed by atoms with E-state index in [0.29, 0.717) is 45.1 Å².